The Morgan fingerprint density at radius 3 is 1.23 bits per heavy atom. The van der Waals surface area contributed by atoms with Crippen LogP contribution in [0.1, 0.15) is 11.1 Å². The molecule has 31 heavy (non-hydrogen) atoms. The van der Waals surface area contributed by atoms with Gasteiger partial charge in [-0.05, 0) is 79.5 Å². The van der Waals surface area contributed by atoms with Crippen molar-refractivity contribution < 1.29 is 10.2 Å². The van der Waals surface area contributed by atoms with E-state index in [4.69, 9.17) is 0 Å². The van der Waals surface area contributed by atoms with Crippen molar-refractivity contribution in [2.45, 2.75) is 6.42 Å². The van der Waals surface area contributed by atoms with Crippen LogP contribution in [0.2, 0.25) is 0 Å². The normalized spacial score (nSPS) is 11.6. The average molecular weight is 400 g/mol. The lowest BCUT2D eigenvalue weighted by molar-refractivity contribution is 0.464. The van der Waals surface area contributed by atoms with Gasteiger partial charge in [0.05, 0.1) is 0 Å². The number of benzene rings is 6. The number of phenols is 2. The molecule has 6 rings (SSSR count). The summed E-state index contributed by atoms with van der Waals surface area (Å²) in [4.78, 5) is 0. The lowest BCUT2D eigenvalue weighted by Gasteiger charge is -2.14. The molecule has 0 bridgehead atoms. The maximum atomic E-state index is 10.8. The van der Waals surface area contributed by atoms with E-state index in [9.17, 15) is 10.2 Å². The van der Waals surface area contributed by atoms with Gasteiger partial charge in [0.15, 0.2) is 0 Å². The zero-order valence-electron chi connectivity index (χ0n) is 16.8. The number of rotatable bonds is 2. The van der Waals surface area contributed by atoms with Crippen molar-refractivity contribution in [2.75, 3.05) is 0 Å². The molecule has 0 radical (unpaired) electrons. The summed E-state index contributed by atoms with van der Waals surface area (Å²) in [5, 5.41) is 30.4. The van der Waals surface area contributed by atoms with Gasteiger partial charge in [0.1, 0.15) is 11.5 Å². The number of aromatic hydroxyl groups is 2. The van der Waals surface area contributed by atoms with Gasteiger partial charge in [-0.2, -0.15) is 0 Å². The summed E-state index contributed by atoms with van der Waals surface area (Å²) in [6.07, 6.45) is 0.447. The second-order valence-electron chi connectivity index (χ2n) is 8.14. The van der Waals surface area contributed by atoms with Crippen LogP contribution in [-0.2, 0) is 6.42 Å². The fourth-order valence-corrected chi connectivity index (χ4v) is 4.68. The minimum absolute atomic E-state index is 0.250. The van der Waals surface area contributed by atoms with Gasteiger partial charge < -0.3 is 10.2 Å². The Labute approximate surface area is 179 Å². The van der Waals surface area contributed by atoms with E-state index in [-0.39, 0.29) is 11.5 Å². The van der Waals surface area contributed by atoms with Crippen LogP contribution in [0.5, 0.6) is 11.5 Å². The van der Waals surface area contributed by atoms with Crippen molar-refractivity contribution in [3.63, 3.8) is 0 Å². The fraction of sp³-hybridized carbons (Fsp3) is 0.0345. The molecule has 2 nitrogen and oxygen atoms in total. The molecule has 2 N–H and O–H groups in total. The first-order valence-electron chi connectivity index (χ1n) is 10.4. The molecule has 6 aromatic carbocycles. The lowest BCUT2D eigenvalue weighted by Crippen LogP contribution is -1.94. The van der Waals surface area contributed by atoms with Crippen molar-refractivity contribution in [2.24, 2.45) is 0 Å². The summed E-state index contributed by atoms with van der Waals surface area (Å²) in [6, 6.07) is 32.5. The third-order valence-corrected chi connectivity index (χ3v) is 6.30. The first-order chi connectivity index (χ1) is 15.2. The molecule has 0 aliphatic carbocycles. The zero-order valence-corrected chi connectivity index (χ0v) is 16.8. The minimum Gasteiger partial charge on any atom is -0.508 e. The van der Waals surface area contributed by atoms with Crippen molar-refractivity contribution in [3.05, 3.63) is 108 Å². The highest BCUT2D eigenvalue weighted by Crippen LogP contribution is 2.37. The van der Waals surface area contributed by atoms with E-state index < -0.39 is 0 Å². The van der Waals surface area contributed by atoms with Gasteiger partial charge in [-0.15, -0.1) is 0 Å². The van der Waals surface area contributed by atoms with E-state index in [1.165, 1.54) is 10.8 Å². The summed E-state index contributed by atoms with van der Waals surface area (Å²) < 4.78 is 0. The minimum atomic E-state index is 0.250. The Kier molecular flexibility index (Phi) is 3.87. The van der Waals surface area contributed by atoms with Crippen LogP contribution >= 0.6 is 0 Å². The maximum absolute atomic E-state index is 10.8. The Hall–Kier alpha value is -4.04. The van der Waals surface area contributed by atoms with Crippen molar-refractivity contribution in [1.29, 1.82) is 0 Å². The number of hydrogen-bond acceptors (Lipinski definition) is 2. The summed E-state index contributed by atoms with van der Waals surface area (Å²) in [5.74, 6) is 0.500. The summed E-state index contributed by atoms with van der Waals surface area (Å²) >= 11 is 0. The first-order valence-corrected chi connectivity index (χ1v) is 10.4. The zero-order chi connectivity index (χ0) is 20.9. The van der Waals surface area contributed by atoms with E-state index in [0.717, 1.165) is 43.4 Å². The maximum Gasteiger partial charge on any atom is 0.119 e. The van der Waals surface area contributed by atoms with Gasteiger partial charge in [-0.25, -0.2) is 0 Å². The van der Waals surface area contributed by atoms with Gasteiger partial charge in [-0.3, -0.25) is 0 Å². The largest absolute Gasteiger partial charge is 0.508 e. The molecule has 0 aromatic heterocycles. The molecule has 0 aliphatic rings. The molecule has 0 amide bonds. The van der Waals surface area contributed by atoms with Gasteiger partial charge in [-0.1, -0.05) is 60.7 Å². The topological polar surface area (TPSA) is 40.5 Å². The van der Waals surface area contributed by atoms with Crippen LogP contribution in [-0.4, -0.2) is 10.2 Å². The quantitative estimate of drug-likeness (QED) is 0.299. The molecule has 6 aromatic rings. The van der Waals surface area contributed by atoms with Crippen molar-refractivity contribution in [3.8, 4) is 11.5 Å². The van der Waals surface area contributed by atoms with E-state index in [1.807, 2.05) is 36.4 Å². The van der Waals surface area contributed by atoms with Gasteiger partial charge in [0.2, 0.25) is 0 Å². The summed E-state index contributed by atoms with van der Waals surface area (Å²) in [5.41, 5.74) is 1.67. The van der Waals surface area contributed by atoms with Crippen molar-refractivity contribution >= 4 is 43.1 Å². The van der Waals surface area contributed by atoms with Crippen molar-refractivity contribution in [1.82, 2.24) is 0 Å². The van der Waals surface area contributed by atoms with Gasteiger partial charge in [0, 0.05) is 17.5 Å². The Balaban J connectivity index is 1.61. The van der Waals surface area contributed by atoms with Crippen LogP contribution in [0.25, 0.3) is 43.1 Å². The summed E-state index contributed by atoms with van der Waals surface area (Å²) in [6.45, 7) is 0. The standard InChI is InChI=1S/C29H20O2/c30-28-11-9-22-13-18-5-1-3-7-20(18)15-24(22)26(28)17-27-25-16-21-8-4-2-6-19(21)14-23(25)10-12-29(27)31/h1-16,30-31H,17H2. The SMILES string of the molecule is Oc1ccc2cc3ccccc3cc2c1Cc1c(O)ccc2cc3ccccc3cc12. The van der Waals surface area contributed by atoms with Crippen LogP contribution in [0.3, 0.4) is 0 Å². The first kappa shape index (κ1) is 17.8. The third kappa shape index (κ3) is 2.88. The number of fused-ring (bicyclic) bond motifs is 4. The van der Waals surface area contributed by atoms with Gasteiger partial charge in [0.25, 0.3) is 0 Å². The molecule has 0 atom stereocenters. The average Bonchev–Trinajstić information content (AvgIpc) is 2.80. The molecule has 0 fully saturated rings. The Bertz CT molecular complexity index is 1510. The Morgan fingerprint density at radius 2 is 0.806 bits per heavy atom. The van der Waals surface area contributed by atoms with Crippen LogP contribution < -0.4 is 0 Å². The highest BCUT2D eigenvalue weighted by Gasteiger charge is 2.15. The van der Waals surface area contributed by atoms with Crippen LogP contribution in [0, 0.1) is 0 Å². The third-order valence-electron chi connectivity index (χ3n) is 6.30. The highest BCUT2D eigenvalue weighted by molar-refractivity contribution is 6.02. The molecule has 2 heteroatoms. The molecule has 0 spiro atoms. The fourth-order valence-electron chi connectivity index (χ4n) is 4.68. The van der Waals surface area contributed by atoms with E-state index >= 15 is 0 Å². The molecule has 0 unspecified atom stereocenters. The molecule has 0 heterocycles. The molecule has 0 aliphatic heterocycles. The predicted molar refractivity (Wildman–Crippen MR) is 129 cm³/mol. The van der Waals surface area contributed by atoms with E-state index in [1.54, 1.807) is 12.1 Å². The predicted octanol–water partition coefficient (Wildman–Crippen LogP) is 7.30. The number of hydrogen-bond donors (Lipinski definition) is 2. The molecule has 0 saturated carbocycles. The number of phenolic OH excluding ortho intramolecular Hbond substituents is 2. The molecular weight excluding hydrogens is 380 g/mol. The van der Waals surface area contributed by atoms with Crippen LogP contribution in [0.15, 0.2) is 97.1 Å². The highest BCUT2D eigenvalue weighted by atomic mass is 16.3. The Morgan fingerprint density at radius 1 is 0.419 bits per heavy atom. The molecule has 148 valence electrons. The van der Waals surface area contributed by atoms with Crippen LogP contribution in [0.4, 0.5) is 0 Å². The second-order valence-corrected chi connectivity index (χ2v) is 8.14. The van der Waals surface area contributed by atoms with E-state index in [0.29, 0.717) is 6.42 Å². The monoisotopic (exact) mass is 400 g/mol. The summed E-state index contributed by atoms with van der Waals surface area (Å²) in [7, 11) is 0. The molecular formula is C29H20O2. The van der Waals surface area contributed by atoms with E-state index in [2.05, 4.69) is 48.5 Å². The second kappa shape index (κ2) is 6.75. The van der Waals surface area contributed by atoms with Gasteiger partial charge >= 0.3 is 0 Å². The molecule has 0 saturated heterocycles. The lowest BCUT2D eigenvalue weighted by atomic mass is 9.91. The smallest absolute Gasteiger partial charge is 0.119 e.